The van der Waals surface area contributed by atoms with Crippen LogP contribution in [-0.4, -0.2) is 18.6 Å². The number of carbonyl (C=O) groups excluding carboxylic acids is 1. The Labute approximate surface area is 109 Å². The smallest absolute Gasteiger partial charge is 0.253 e. The third-order valence-electron chi connectivity index (χ3n) is 2.59. The van der Waals surface area contributed by atoms with Gasteiger partial charge in [0.15, 0.2) is 0 Å². The van der Waals surface area contributed by atoms with Crippen LogP contribution in [0.5, 0.6) is 0 Å². The second-order valence-corrected chi connectivity index (χ2v) is 4.81. The molecule has 0 fully saturated rings. The Kier molecular flexibility index (Phi) is 5.65. The molecule has 1 atom stereocenters. The Morgan fingerprint density at radius 3 is 2.72 bits per heavy atom. The van der Waals surface area contributed by atoms with E-state index in [1.54, 1.807) is 31.2 Å². The number of hydrogen-bond donors (Lipinski definition) is 2. The van der Waals surface area contributed by atoms with Crippen molar-refractivity contribution in [2.75, 3.05) is 17.7 Å². The number of benzene rings is 1. The van der Waals surface area contributed by atoms with Crippen LogP contribution in [0.3, 0.4) is 0 Å². The SMILES string of the molecule is CC(C)CCOC(C)C(=O)Nc1cccc(N)c1. The molecule has 1 amide bonds. The fraction of sp³-hybridized carbons (Fsp3) is 0.500. The van der Waals surface area contributed by atoms with E-state index >= 15 is 0 Å². The van der Waals surface area contributed by atoms with Crippen molar-refractivity contribution >= 4 is 17.3 Å². The summed E-state index contributed by atoms with van der Waals surface area (Å²) in [4.78, 5) is 11.8. The molecule has 4 heteroatoms. The molecule has 3 N–H and O–H groups in total. The highest BCUT2D eigenvalue weighted by molar-refractivity contribution is 5.94. The van der Waals surface area contributed by atoms with Crippen molar-refractivity contribution in [2.24, 2.45) is 5.92 Å². The molecule has 0 aliphatic heterocycles. The summed E-state index contributed by atoms with van der Waals surface area (Å²) in [5, 5.41) is 2.78. The van der Waals surface area contributed by atoms with Gasteiger partial charge >= 0.3 is 0 Å². The molecule has 18 heavy (non-hydrogen) atoms. The van der Waals surface area contributed by atoms with Gasteiger partial charge in [0.2, 0.25) is 0 Å². The molecule has 0 aromatic heterocycles. The van der Waals surface area contributed by atoms with Crippen molar-refractivity contribution < 1.29 is 9.53 Å². The van der Waals surface area contributed by atoms with Crippen molar-refractivity contribution in [3.63, 3.8) is 0 Å². The highest BCUT2D eigenvalue weighted by Crippen LogP contribution is 2.12. The van der Waals surface area contributed by atoms with E-state index in [-0.39, 0.29) is 5.91 Å². The van der Waals surface area contributed by atoms with Gasteiger partial charge < -0.3 is 15.8 Å². The molecule has 0 spiro atoms. The molecule has 4 nitrogen and oxygen atoms in total. The van der Waals surface area contributed by atoms with Gasteiger partial charge in [-0.2, -0.15) is 0 Å². The fourth-order valence-corrected chi connectivity index (χ4v) is 1.42. The average Bonchev–Trinajstić information content (AvgIpc) is 2.28. The zero-order valence-electron chi connectivity index (χ0n) is 11.3. The van der Waals surface area contributed by atoms with Crippen LogP contribution in [0.15, 0.2) is 24.3 Å². The lowest BCUT2D eigenvalue weighted by molar-refractivity contribution is -0.126. The molecule has 0 aliphatic rings. The van der Waals surface area contributed by atoms with Gasteiger partial charge in [-0.25, -0.2) is 0 Å². The van der Waals surface area contributed by atoms with Crippen LogP contribution >= 0.6 is 0 Å². The quantitative estimate of drug-likeness (QED) is 0.763. The minimum Gasteiger partial charge on any atom is -0.399 e. The van der Waals surface area contributed by atoms with Crippen LogP contribution < -0.4 is 11.1 Å². The molecule has 0 bridgehead atoms. The van der Waals surface area contributed by atoms with E-state index in [0.717, 1.165) is 6.42 Å². The molecular formula is C14H22N2O2. The Morgan fingerprint density at radius 1 is 1.39 bits per heavy atom. The first-order valence-electron chi connectivity index (χ1n) is 6.27. The summed E-state index contributed by atoms with van der Waals surface area (Å²) in [5.41, 5.74) is 6.96. The van der Waals surface area contributed by atoms with E-state index < -0.39 is 6.10 Å². The molecule has 1 rings (SSSR count). The van der Waals surface area contributed by atoms with E-state index in [0.29, 0.717) is 23.9 Å². The van der Waals surface area contributed by atoms with Crippen LogP contribution in [0.2, 0.25) is 0 Å². The number of nitrogens with one attached hydrogen (secondary N) is 1. The maximum absolute atomic E-state index is 11.8. The van der Waals surface area contributed by atoms with Gasteiger partial charge in [-0.15, -0.1) is 0 Å². The van der Waals surface area contributed by atoms with Gasteiger partial charge in [0.25, 0.3) is 5.91 Å². The van der Waals surface area contributed by atoms with Gasteiger partial charge in [0.1, 0.15) is 6.10 Å². The maximum atomic E-state index is 11.8. The summed E-state index contributed by atoms with van der Waals surface area (Å²) in [6.45, 7) is 6.60. The monoisotopic (exact) mass is 250 g/mol. The summed E-state index contributed by atoms with van der Waals surface area (Å²) in [5.74, 6) is 0.429. The molecular weight excluding hydrogens is 228 g/mol. The topological polar surface area (TPSA) is 64.3 Å². The number of anilines is 2. The lowest BCUT2D eigenvalue weighted by Crippen LogP contribution is -2.28. The van der Waals surface area contributed by atoms with Crippen molar-refractivity contribution in [3.05, 3.63) is 24.3 Å². The minimum atomic E-state index is -0.454. The summed E-state index contributed by atoms with van der Waals surface area (Å²) >= 11 is 0. The summed E-state index contributed by atoms with van der Waals surface area (Å²) < 4.78 is 5.47. The standard InChI is InChI=1S/C14H22N2O2/c1-10(2)7-8-18-11(3)14(17)16-13-6-4-5-12(15)9-13/h4-6,9-11H,7-8,15H2,1-3H3,(H,16,17). The molecule has 0 heterocycles. The van der Waals surface area contributed by atoms with E-state index in [2.05, 4.69) is 19.2 Å². The Bertz CT molecular complexity index is 391. The number of hydrogen-bond acceptors (Lipinski definition) is 3. The molecule has 0 saturated carbocycles. The largest absolute Gasteiger partial charge is 0.399 e. The first-order valence-corrected chi connectivity index (χ1v) is 6.27. The predicted molar refractivity (Wildman–Crippen MR) is 74.4 cm³/mol. The van der Waals surface area contributed by atoms with Crippen LogP contribution in [0.1, 0.15) is 27.2 Å². The second kappa shape index (κ2) is 7.01. The Hall–Kier alpha value is -1.55. The highest BCUT2D eigenvalue weighted by Gasteiger charge is 2.13. The summed E-state index contributed by atoms with van der Waals surface area (Å²) in [6.07, 6.45) is 0.501. The normalized spacial score (nSPS) is 12.4. The molecule has 0 saturated heterocycles. The first-order chi connectivity index (χ1) is 8.49. The van der Waals surface area contributed by atoms with E-state index in [9.17, 15) is 4.79 Å². The lowest BCUT2D eigenvalue weighted by Gasteiger charge is -2.14. The number of nitrogen functional groups attached to an aromatic ring is 1. The number of ether oxygens (including phenoxy) is 1. The van der Waals surface area contributed by atoms with Gasteiger partial charge in [-0.05, 0) is 37.5 Å². The number of amides is 1. The van der Waals surface area contributed by atoms with Gasteiger partial charge in [0, 0.05) is 18.0 Å². The predicted octanol–water partition coefficient (Wildman–Crippen LogP) is 2.66. The average molecular weight is 250 g/mol. The second-order valence-electron chi connectivity index (χ2n) is 4.81. The molecule has 0 radical (unpaired) electrons. The number of carbonyl (C=O) groups is 1. The van der Waals surface area contributed by atoms with Crippen molar-refractivity contribution in [3.8, 4) is 0 Å². The van der Waals surface area contributed by atoms with Gasteiger partial charge in [-0.3, -0.25) is 4.79 Å². The van der Waals surface area contributed by atoms with Crippen molar-refractivity contribution in [1.29, 1.82) is 0 Å². The van der Waals surface area contributed by atoms with Crippen molar-refractivity contribution in [1.82, 2.24) is 0 Å². The molecule has 1 aromatic carbocycles. The third-order valence-corrected chi connectivity index (χ3v) is 2.59. The molecule has 100 valence electrons. The van der Waals surface area contributed by atoms with Crippen LogP contribution in [-0.2, 0) is 9.53 Å². The van der Waals surface area contributed by atoms with Crippen molar-refractivity contribution in [2.45, 2.75) is 33.3 Å². The van der Waals surface area contributed by atoms with Crippen LogP contribution in [0, 0.1) is 5.92 Å². The zero-order chi connectivity index (χ0) is 13.5. The zero-order valence-corrected chi connectivity index (χ0v) is 11.3. The Balaban J connectivity index is 2.40. The van der Waals surface area contributed by atoms with Crippen LogP contribution in [0.25, 0.3) is 0 Å². The minimum absolute atomic E-state index is 0.149. The number of rotatable bonds is 6. The third kappa shape index (κ3) is 5.19. The summed E-state index contributed by atoms with van der Waals surface area (Å²) in [7, 11) is 0. The van der Waals surface area contributed by atoms with E-state index in [1.165, 1.54) is 0 Å². The summed E-state index contributed by atoms with van der Waals surface area (Å²) in [6, 6.07) is 7.10. The molecule has 1 aromatic rings. The van der Waals surface area contributed by atoms with E-state index in [1.807, 2.05) is 0 Å². The first kappa shape index (κ1) is 14.5. The maximum Gasteiger partial charge on any atom is 0.253 e. The fourth-order valence-electron chi connectivity index (χ4n) is 1.42. The highest BCUT2D eigenvalue weighted by atomic mass is 16.5. The number of nitrogens with two attached hydrogens (primary N) is 1. The van der Waals surface area contributed by atoms with Crippen LogP contribution in [0.4, 0.5) is 11.4 Å². The van der Waals surface area contributed by atoms with Gasteiger partial charge in [0.05, 0.1) is 0 Å². The van der Waals surface area contributed by atoms with Gasteiger partial charge in [-0.1, -0.05) is 19.9 Å². The lowest BCUT2D eigenvalue weighted by atomic mass is 10.1. The van der Waals surface area contributed by atoms with E-state index in [4.69, 9.17) is 10.5 Å². The molecule has 0 aliphatic carbocycles. The molecule has 1 unspecified atom stereocenters. The Morgan fingerprint density at radius 2 is 2.11 bits per heavy atom.